The smallest absolute Gasteiger partial charge is 0.309 e. The molecule has 0 N–H and O–H groups in total. The van der Waals surface area contributed by atoms with Crippen LogP contribution in [-0.4, -0.2) is 22.9 Å². The van der Waals surface area contributed by atoms with Gasteiger partial charge in [0.05, 0.1) is 25.8 Å². The molecule has 20 heavy (non-hydrogen) atoms. The van der Waals surface area contributed by atoms with Crippen LogP contribution in [0.1, 0.15) is 23.2 Å². The molecule has 0 saturated carbocycles. The average Bonchev–Trinajstić information content (AvgIpc) is 2.90. The van der Waals surface area contributed by atoms with Crippen LogP contribution in [0.3, 0.4) is 0 Å². The minimum atomic E-state index is -0.105. The van der Waals surface area contributed by atoms with E-state index in [2.05, 4.69) is 21.9 Å². The number of esters is 1. The molecular formula is C16H18N2O2. The second kappa shape index (κ2) is 5.49. The van der Waals surface area contributed by atoms with E-state index in [1.54, 1.807) is 0 Å². The average molecular weight is 270 g/mol. The molecule has 1 aliphatic carbocycles. The first-order valence-electron chi connectivity index (χ1n) is 6.93. The molecule has 1 aromatic carbocycles. The van der Waals surface area contributed by atoms with Gasteiger partial charge in [0, 0.05) is 5.69 Å². The summed E-state index contributed by atoms with van der Waals surface area (Å²) in [5, 5.41) is 4.48. The zero-order valence-corrected chi connectivity index (χ0v) is 11.6. The third-order valence-corrected chi connectivity index (χ3v) is 3.94. The number of fused-ring (bicyclic) bond motifs is 1. The minimum Gasteiger partial charge on any atom is -0.469 e. The normalized spacial score (nSPS) is 17.6. The van der Waals surface area contributed by atoms with Crippen molar-refractivity contribution in [2.24, 2.45) is 5.92 Å². The highest BCUT2D eigenvalue weighted by Gasteiger charge is 2.27. The number of nitrogens with zero attached hydrogens (tertiary/aromatic N) is 2. The van der Waals surface area contributed by atoms with Crippen LogP contribution in [0, 0.1) is 5.92 Å². The van der Waals surface area contributed by atoms with Gasteiger partial charge in [0.2, 0.25) is 0 Å². The van der Waals surface area contributed by atoms with E-state index < -0.39 is 0 Å². The summed E-state index contributed by atoms with van der Waals surface area (Å²) >= 11 is 0. The number of benzene rings is 1. The van der Waals surface area contributed by atoms with Gasteiger partial charge in [-0.15, -0.1) is 0 Å². The summed E-state index contributed by atoms with van der Waals surface area (Å²) in [5.74, 6) is -0.117. The first-order chi connectivity index (χ1) is 9.78. The van der Waals surface area contributed by atoms with Crippen LogP contribution in [0.15, 0.2) is 36.5 Å². The van der Waals surface area contributed by atoms with Crippen LogP contribution < -0.4 is 0 Å². The molecule has 0 bridgehead atoms. The zero-order chi connectivity index (χ0) is 13.9. The van der Waals surface area contributed by atoms with E-state index in [0.29, 0.717) is 0 Å². The molecule has 1 aliphatic rings. The van der Waals surface area contributed by atoms with E-state index in [4.69, 9.17) is 4.74 Å². The fourth-order valence-corrected chi connectivity index (χ4v) is 2.85. The number of hydrogen-bond acceptors (Lipinski definition) is 3. The molecule has 1 atom stereocenters. The van der Waals surface area contributed by atoms with Gasteiger partial charge < -0.3 is 4.74 Å². The van der Waals surface area contributed by atoms with Crippen LogP contribution in [0.4, 0.5) is 0 Å². The van der Waals surface area contributed by atoms with Gasteiger partial charge in [0.25, 0.3) is 0 Å². The summed E-state index contributed by atoms with van der Waals surface area (Å²) in [6, 6.07) is 10.3. The van der Waals surface area contributed by atoms with Crippen molar-refractivity contribution in [3.63, 3.8) is 0 Å². The van der Waals surface area contributed by atoms with Gasteiger partial charge in [-0.05, 0) is 30.4 Å². The van der Waals surface area contributed by atoms with Crippen molar-refractivity contribution in [3.05, 3.63) is 53.3 Å². The highest BCUT2D eigenvalue weighted by molar-refractivity contribution is 5.73. The van der Waals surface area contributed by atoms with Crippen molar-refractivity contribution < 1.29 is 9.53 Å². The molecule has 0 amide bonds. The highest BCUT2D eigenvalue weighted by atomic mass is 16.5. The monoisotopic (exact) mass is 270 g/mol. The molecule has 0 spiro atoms. The van der Waals surface area contributed by atoms with E-state index in [0.717, 1.165) is 25.8 Å². The minimum absolute atomic E-state index is 0.0122. The lowest BCUT2D eigenvalue weighted by Crippen LogP contribution is -2.24. The molecule has 0 radical (unpaired) electrons. The number of aromatic nitrogens is 2. The van der Waals surface area contributed by atoms with Crippen molar-refractivity contribution in [2.75, 3.05) is 7.11 Å². The molecule has 0 fully saturated rings. The number of hydrogen-bond donors (Lipinski definition) is 0. The summed E-state index contributed by atoms with van der Waals surface area (Å²) in [6.45, 7) is 0.791. The number of carbonyl (C=O) groups is 1. The fourth-order valence-electron chi connectivity index (χ4n) is 2.85. The molecule has 1 unspecified atom stereocenters. The Kier molecular flexibility index (Phi) is 3.54. The topological polar surface area (TPSA) is 44.1 Å². The molecule has 3 rings (SSSR count). The predicted octanol–water partition coefficient (Wildman–Crippen LogP) is 2.21. The Labute approximate surface area is 118 Å². The Morgan fingerprint density at radius 1 is 1.40 bits per heavy atom. The van der Waals surface area contributed by atoms with E-state index in [-0.39, 0.29) is 11.9 Å². The lowest BCUT2D eigenvalue weighted by Gasteiger charge is -2.21. The summed E-state index contributed by atoms with van der Waals surface area (Å²) in [6.07, 6.45) is 4.38. The molecule has 1 aromatic heterocycles. The van der Waals surface area contributed by atoms with Crippen molar-refractivity contribution in [1.29, 1.82) is 0 Å². The van der Waals surface area contributed by atoms with Crippen molar-refractivity contribution in [2.45, 2.75) is 25.8 Å². The fraction of sp³-hybridized carbons (Fsp3) is 0.375. The zero-order valence-electron chi connectivity index (χ0n) is 11.6. The van der Waals surface area contributed by atoms with Gasteiger partial charge in [0.1, 0.15) is 0 Å². The predicted molar refractivity (Wildman–Crippen MR) is 75.3 cm³/mol. The van der Waals surface area contributed by atoms with Gasteiger partial charge in [-0.1, -0.05) is 30.3 Å². The van der Waals surface area contributed by atoms with Crippen LogP contribution in [0.25, 0.3) is 0 Å². The molecule has 2 aromatic rings. The number of methoxy groups -OCH3 is 1. The van der Waals surface area contributed by atoms with Gasteiger partial charge in [-0.3, -0.25) is 9.48 Å². The van der Waals surface area contributed by atoms with Crippen molar-refractivity contribution in [1.82, 2.24) is 9.78 Å². The van der Waals surface area contributed by atoms with Crippen molar-refractivity contribution >= 4 is 5.97 Å². The van der Waals surface area contributed by atoms with Gasteiger partial charge in [-0.25, -0.2) is 0 Å². The molecule has 4 nitrogen and oxygen atoms in total. The lowest BCUT2D eigenvalue weighted by molar-refractivity contribution is -0.145. The van der Waals surface area contributed by atoms with Crippen LogP contribution >= 0.6 is 0 Å². The second-order valence-corrected chi connectivity index (χ2v) is 5.22. The molecule has 1 heterocycles. The Bertz CT molecular complexity index is 604. The lowest BCUT2D eigenvalue weighted by atomic mass is 9.88. The van der Waals surface area contributed by atoms with Gasteiger partial charge in [0.15, 0.2) is 0 Å². The maximum atomic E-state index is 11.6. The summed E-state index contributed by atoms with van der Waals surface area (Å²) in [5.41, 5.74) is 3.69. The van der Waals surface area contributed by atoms with Gasteiger partial charge >= 0.3 is 5.97 Å². The molecule has 4 heteroatoms. The molecule has 104 valence electrons. The quantitative estimate of drug-likeness (QED) is 0.803. The van der Waals surface area contributed by atoms with Crippen LogP contribution in [0.2, 0.25) is 0 Å². The maximum absolute atomic E-state index is 11.6. The summed E-state index contributed by atoms with van der Waals surface area (Å²) < 4.78 is 6.89. The number of ether oxygens (including phenoxy) is 1. The third kappa shape index (κ3) is 2.46. The van der Waals surface area contributed by atoms with Gasteiger partial charge in [-0.2, -0.15) is 5.10 Å². The Hall–Kier alpha value is -2.10. The Morgan fingerprint density at radius 3 is 2.95 bits per heavy atom. The number of rotatable bonds is 3. The molecular weight excluding hydrogens is 252 g/mol. The van der Waals surface area contributed by atoms with E-state index in [1.807, 2.05) is 24.4 Å². The molecule has 0 aliphatic heterocycles. The highest BCUT2D eigenvalue weighted by Crippen LogP contribution is 2.26. The standard InChI is InChI=1S/C16H18N2O2/c1-20-16(19)13-7-8-15-14(9-13)10-17-18(15)11-12-5-3-2-4-6-12/h2-6,10,13H,7-9,11H2,1H3. The Morgan fingerprint density at radius 2 is 2.20 bits per heavy atom. The SMILES string of the molecule is COC(=O)C1CCc2c(cnn2Cc2ccccc2)C1. The van der Waals surface area contributed by atoms with Crippen molar-refractivity contribution in [3.8, 4) is 0 Å². The summed E-state index contributed by atoms with van der Waals surface area (Å²) in [4.78, 5) is 11.6. The largest absolute Gasteiger partial charge is 0.469 e. The van der Waals surface area contributed by atoms with E-state index >= 15 is 0 Å². The third-order valence-electron chi connectivity index (χ3n) is 3.94. The maximum Gasteiger partial charge on any atom is 0.309 e. The van der Waals surface area contributed by atoms with E-state index in [1.165, 1.54) is 23.9 Å². The number of carbonyl (C=O) groups excluding carboxylic acids is 1. The van der Waals surface area contributed by atoms with Crippen LogP contribution in [0.5, 0.6) is 0 Å². The summed E-state index contributed by atoms with van der Waals surface area (Å²) in [7, 11) is 1.46. The van der Waals surface area contributed by atoms with E-state index in [9.17, 15) is 4.79 Å². The Balaban J connectivity index is 1.78. The first-order valence-corrected chi connectivity index (χ1v) is 6.93. The first kappa shape index (κ1) is 12.9. The second-order valence-electron chi connectivity index (χ2n) is 5.22. The van der Waals surface area contributed by atoms with Crippen LogP contribution in [-0.2, 0) is 28.9 Å². The molecule has 0 saturated heterocycles.